The molecular weight excluding hydrogens is 275 g/mol. The van der Waals surface area contributed by atoms with E-state index in [0.29, 0.717) is 25.1 Å². The number of benzene rings is 1. The van der Waals surface area contributed by atoms with E-state index >= 15 is 0 Å². The predicted octanol–water partition coefficient (Wildman–Crippen LogP) is 2.76. The molecule has 0 aromatic heterocycles. The van der Waals surface area contributed by atoms with E-state index in [1.165, 1.54) is 29.2 Å². The first-order chi connectivity index (χ1) is 9.96. The molecule has 0 spiro atoms. The van der Waals surface area contributed by atoms with Crippen molar-refractivity contribution < 1.29 is 19.1 Å². The van der Waals surface area contributed by atoms with Gasteiger partial charge in [-0.05, 0) is 50.5 Å². The number of carbonyl (C=O) groups excluding carboxylic acids is 1. The Morgan fingerprint density at radius 2 is 1.95 bits per heavy atom. The Morgan fingerprint density at radius 1 is 1.33 bits per heavy atom. The van der Waals surface area contributed by atoms with Crippen LogP contribution in [0.3, 0.4) is 0 Å². The second-order valence-corrected chi connectivity index (χ2v) is 5.36. The van der Waals surface area contributed by atoms with E-state index < -0.39 is 11.5 Å². The number of aliphatic carboxylic acids is 1. The topological polar surface area (TPSA) is 69.6 Å². The lowest BCUT2D eigenvalue weighted by Crippen LogP contribution is -2.58. The fourth-order valence-corrected chi connectivity index (χ4v) is 2.60. The summed E-state index contributed by atoms with van der Waals surface area (Å²) in [5.74, 6) is -1.28. The van der Waals surface area contributed by atoms with Gasteiger partial charge < -0.3 is 10.4 Å². The Kier molecular flexibility index (Phi) is 4.45. The van der Waals surface area contributed by atoms with Crippen molar-refractivity contribution in [3.05, 3.63) is 30.1 Å². The van der Waals surface area contributed by atoms with Crippen LogP contribution >= 0.6 is 0 Å². The van der Waals surface area contributed by atoms with E-state index in [4.69, 9.17) is 5.11 Å². The minimum atomic E-state index is -0.917. The zero-order valence-corrected chi connectivity index (χ0v) is 11.9. The van der Waals surface area contributed by atoms with Crippen LogP contribution in [0.25, 0.3) is 0 Å². The molecule has 114 valence electrons. The van der Waals surface area contributed by atoms with E-state index in [1.54, 1.807) is 0 Å². The van der Waals surface area contributed by atoms with Crippen LogP contribution in [0.5, 0.6) is 0 Å². The minimum Gasteiger partial charge on any atom is -0.481 e. The highest BCUT2D eigenvalue weighted by Gasteiger charge is 2.41. The van der Waals surface area contributed by atoms with E-state index in [1.807, 2.05) is 6.92 Å². The number of amides is 2. The Morgan fingerprint density at radius 3 is 2.38 bits per heavy atom. The molecule has 0 aliphatic heterocycles. The zero-order chi connectivity index (χ0) is 15.5. The van der Waals surface area contributed by atoms with Gasteiger partial charge in [0.05, 0.1) is 12.0 Å². The van der Waals surface area contributed by atoms with E-state index in [-0.39, 0.29) is 18.3 Å². The molecule has 0 unspecified atom stereocenters. The third-order valence-electron chi connectivity index (χ3n) is 3.87. The summed E-state index contributed by atoms with van der Waals surface area (Å²) in [7, 11) is 0. The predicted molar refractivity (Wildman–Crippen MR) is 76.8 cm³/mol. The van der Waals surface area contributed by atoms with Crippen molar-refractivity contribution in [2.45, 2.75) is 38.1 Å². The van der Waals surface area contributed by atoms with Crippen LogP contribution in [0.1, 0.15) is 32.6 Å². The molecule has 6 heteroatoms. The van der Waals surface area contributed by atoms with E-state index in [0.717, 1.165) is 6.42 Å². The van der Waals surface area contributed by atoms with Gasteiger partial charge in [-0.3, -0.25) is 9.69 Å². The van der Waals surface area contributed by atoms with Crippen molar-refractivity contribution in [2.24, 2.45) is 0 Å². The van der Waals surface area contributed by atoms with Gasteiger partial charge in [0.15, 0.2) is 0 Å². The summed E-state index contributed by atoms with van der Waals surface area (Å²) in [6.07, 6.45) is 2.19. The lowest BCUT2D eigenvalue weighted by Gasteiger charge is -2.42. The van der Waals surface area contributed by atoms with Crippen LogP contribution in [0.15, 0.2) is 24.3 Å². The molecule has 0 saturated heterocycles. The maximum Gasteiger partial charge on any atom is 0.322 e. The molecule has 0 atom stereocenters. The highest BCUT2D eigenvalue weighted by Crippen LogP contribution is 2.35. The first kappa shape index (κ1) is 15.3. The minimum absolute atomic E-state index is 0.0697. The van der Waals surface area contributed by atoms with Gasteiger partial charge in [-0.2, -0.15) is 0 Å². The summed E-state index contributed by atoms with van der Waals surface area (Å²) in [5, 5.41) is 11.8. The normalized spacial score (nSPS) is 15.9. The number of carboxylic acid groups (broad SMARTS) is 1. The van der Waals surface area contributed by atoms with Crippen molar-refractivity contribution in [2.75, 3.05) is 11.4 Å². The fraction of sp³-hybridized carbons (Fsp3) is 0.467. The van der Waals surface area contributed by atoms with E-state index in [2.05, 4.69) is 5.32 Å². The molecule has 1 aromatic carbocycles. The molecular formula is C15H19FN2O3. The van der Waals surface area contributed by atoms with Gasteiger partial charge in [-0.25, -0.2) is 9.18 Å². The number of nitrogens with one attached hydrogen (secondary N) is 1. The number of halogens is 1. The molecule has 5 nitrogen and oxygen atoms in total. The third-order valence-corrected chi connectivity index (χ3v) is 3.87. The molecule has 0 radical (unpaired) electrons. The number of carboxylic acids is 1. The molecule has 2 rings (SSSR count). The van der Waals surface area contributed by atoms with Crippen LogP contribution in [-0.2, 0) is 4.79 Å². The summed E-state index contributed by atoms with van der Waals surface area (Å²) >= 11 is 0. The summed E-state index contributed by atoms with van der Waals surface area (Å²) < 4.78 is 12.9. The van der Waals surface area contributed by atoms with Crippen molar-refractivity contribution in [1.82, 2.24) is 5.32 Å². The molecule has 1 fully saturated rings. The molecule has 2 N–H and O–H groups in total. The Balaban J connectivity index is 2.09. The highest BCUT2D eigenvalue weighted by molar-refractivity contribution is 5.92. The summed E-state index contributed by atoms with van der Waals surface area (Å²) in [5.41, 5.74) is -0.0581. The smallest absolute Gasteiger partial charge is 0.322 e. The fourth-order valence-electron chi connectivity index (χ4n) is 2.60. The Bertz CT molecular complexity index is 526. The van der Waals surface area contributed by atoms with Crippen LogP contribution < -0.4 is 10.2 Å². The largest absolute Gasteiger partial charge is 0.481 e. The van der Waals surface area contributed by atoms with Crippen molar-refractivity contribution in [3.63, 3.8) is 0 Å². The number of carbonyl (C=O) groups is 2. The van der Waals surface area contributed by atoms with Crippen LogP contribution in [0.2, 0.25) is 0 Å². The van der Waals surface area contributed by atoms with Gasteiger partial charge in [-0.1, -0.05) is 0 Å². The van der Waals surface area contributed by atoms with Gasteiger partial charge in [0.1, 0.15) is 5.82 Å². The van der Waals surface area contributed by atoms with Gasteiger partial charge in [-0.15, -0.1) is 0 Å². The lowest BCUT2D eigenvalue weighted by atomic mass is 9.74. The molecule has 1 aromatic rings. The van der Waals surface area contributed by atoms with Crippen LogP contribution in [0, 0.1) is 5.82 Å². The first-order valence-electron chi connectivity index (χ1n) is 7.03. The van der Waals surface area contributed by atoms with Gasteiger partial charge >= 0.3 is 12.0 Å². The number of urea groups is 1. The highest BCUT2D eigenvalue weighted by atomic mass is 19.1. The maximum absolute atomic E-state index is 12.9. The molecule has 1 aliphatic carbocycles. The number of nitrogens with zero attached hydrogens (tertiary/aromatic N) is 1. The van der Waals surface area contributed by atoms with Crippen LogP contribution in [0.4, 0.5) is 14.9 Å². The quantitative estimate of drug-likeness (QED) is 0.877. The number of anilines is 1. The summed E-state index contributed by atoms with van der Waals surface area (Å²) in [6.45, 7) is 2.23. The van der Waals surface area contributed by atoms with Crippen LogP contribution in [-0.4, -0.2) is 29.2 Å². The second-order valence-electron chi connectivity index (χ2n) is 5.36. The third kappa shape index (κ3) is 3.51. The molecule has 1 aliphatic rings. The second kappa shape index (κ2) is 6.11. The lowest BCUT2D eigenvalue weighted by molar-refractivity contribution is -0.139. The van der Waals surface area contributed by atoms with E-state index in [9.17, 15) is 14.0 Å². The maximum atomic E-state index is 12.9. The number of hydrogen-bond donors (Lipinski definition) is 2. The van der Waals surface area contributed by atoms with Crippen molar-refractivity contribution in [1.29, 1.82) is 0 Å². The zero-order valence-electron chi connectivity index (χ0n) is 11.9. The molecule has 0 bridgehead atoms. The average molecular weight is 294 g/mol. The van der Waals surface area contributed by atoms with Crippen molar-refractivity contribution in [3.8, 4) is 0 Å². The van der Waals surface area contributed by atoms with Gasteiger partial charge in [0.25, 0.3) is 0 Å². The Labute approximate surface area is 122 Å². The van der Waals surface area contributed by atoms with Gasteiger partial charge in [0, 0.05) is 12.2 Å². The number of rotatable bonds is 5. The monoisotopic (exact) mass is 294 g/mol. The number of hydrogen-bond acceptors (Lipinski definition) is 2. The molecule has 1 saturated carbocycles. The molecule has 0 heterocycles. The summed E-state index contributed by atoms with van der Waals surface area (Å²) in [4.78, 5) is 24.8. The van der Waals surface area contributed by atoms with Gasteiger partial charge in [0.2, 0.25) is 0 Å². The summed E-state index contributed by atoms with van der Waals surface area (Å²) in [6, 6.07) is 5.31. The van der Waals surface area contributed by atoms with Crippen molar-refractivity contribution >= 4 is 17.7 Å². The first-order valence-corrected chi connectivity index (χ1v) is 7.03. The molecule has 21 heavy (non-hydrogen) atoms. The standard InChI is InChI=1S/C15H19FN2O3/c1-2-18(12-6-4-11(16)5-7-12)14(21)17-15(8-3-9-15)10-13(19)20/h4-7H,2-3,8-10H2,1H3,(H,17,21)(H,19,20). The Hall–Kier alpha value is -2.11. The average Bonchev–Trinajstić information content (AvgIpc) is 2.38. The SMILES string of the molecule is CCN(C(=O)NC1(CC(=O)O)CCC1)c1ccc(F)cc1. The molecule has 2 amide bonds.